The Bertz CT molecular complexity index is 340. The summed E-state index contributed by atoms with van der Waals surface area (Å²) >= 11 is 0. The van der Waals surface area contributed by atoms with Gasteiger partial charge in [-0.15, -0.1) is 0 Å². The third-order valence-corrected chi connectivity index (χ3v) is 3.09. The third kappa shape index (κ3) is 7.48. The van der Waals surface area contributed by atoms with Crippen molar-refractivity contribution in [1.29, 1.82) is 0 Å². The van der Waals surface area contributed by atoms with E-state index in [2.05, 4.69) is 24.4 Å². The van der Waals surface area contributed by atoms with Gasteiger partial charge in [0.25, 0.3) is 0 Å². The summed E-state index contributed by atoms with van der Waals surface area (Å²) in [5, 5.41) is 3.51. The van der Waals surface area contributed by atoms with E-state index in [0.717, 1.165) is 31.7 Å². The molecule has 1 aromatic rings. The highest BCUT2D eigenvalue weighted by Crippen LogP contribution is 2.12. The van der Waals surface area contributed by atoms with Crippen molar-refractivity contribution in [1.82, 2.24) is 5.32 Å². The van der Waals surface area contributed by atoms with Gasteiger partial charge in [-0.1, -0.05) is 12.1 Å². The number of methoxy groups -OCH3 is 2. The molecule has 0 aromatic heterocycles. The fourth-order valence-electron chi connectivity index (χ4n) is 1.95. The van der Waals surface area contributed by atoms with Crippen LogP contribution in [0.3, 0.4) is 0 Å². The van der Waals surface area contributed by atoms with Crippen LogP contribution in [-0.4, -0.2) is 46.6 Å². The monoisotopic (exact) mass is 281 g/mol. The molecule has 20 heavy (non-hydrogen) atoms. The van der Waals surface area contributed by atoms with E-state index in [9.17, 15) is 0 Å². The van der Waals surface area contributed by atoms with Gasteiger partial charge in [0.05, 0.1) is 20.3 Å². The number of ether oxygens (including phenoxy) is 3. The highest BCUT2D eigenvalue weighted by Gasteiger charge is 2.03. The Hall–Kier alpha value is -1.10. The lowest BCUT2D eigenvalue weighted by molar-refractivity contribution is 0.0693. The molecule has 0 aliphatic heterocycles. The standard InChI is InChI=1S/C16H27NO3/c1-14(17-9-4-10-20-12-11-18-2)13-15-5-7-16(19-3)8-6-15/h5-8,14,17H,4,9-13H2,1-3H3. The van der Waals surface area contributed by atoms with Gasteiger partial charge >= 0.3 is 0 Å². The number of rotatable bonds is 11. The van der Waals surface area contributed by atoms with Gasteiger partial charge in [-0.25, -0.2) is 0 Å². The maximum atomic E-state index is 5.42. The average Bonchev–Trinajstić information content (AvgIpc) is 2.47. The molecule has 1 atom stereocenters. The first-order valence-corrected chi connectivity index (χ1v) is 7.19. The normalized spacial score (nSPS) is 12.3. The summed E-state index contributed by atoms with van der Waals surface area (Å²) in [5.41, 5.74) is 1.32. The summed E-state index contributed by atoms with van der Waals surface area (Å²) in [4.78, 5) is 0. The molecule has 0 radical (unpaired) electrons. The molecule has 0 heterocycles. The minimum Gasteiger partial charge on any atom is -0.497 e. The van der Waals surface area contributed by atoms with E-state index in [1.807, 2.05) is 12.1 Å². The van der Waals surface area contributed by atoms with E-state index >= 15 is 0 Å². The van der Waals surface area contributed by atoms with Gasteiger partial charge in [0.2, 0.25) is 0 Å². The molecule has 0 spiro atoms. The van der Waals surface area contributed by atoms with Crippen molar-refractivity contribution in [3.63, 3.8) is 0 Å². The predicted octanol–water partition coefficient (Wildman–Crippen LogP) is 2.27. The van der Waals surface area contributed by atoms with Crippen LogP contribution in [0.25, 0.3) is 0 Å². The molecule has 0 aliphatic rings. The van der Waals surface area contributed by atoms with Crippen molar-refractivity contribution in [3.8, 4) is 5.75 Å². The Morgan fingerprint density at radius 1 is 1.05 bits per heavy atom. The Balaban J connectivity index is 2.08. The van der Waals surface area contributed by atoms with E-state index < -0.39 is 0 Å². The van der Waals surface area contributed by atoms with Crippen LogP contribution in [0.1, 0.15) is 18.9 Å². The van der Waals surface area contributed by atoms with Crippen molar-refractivity contribution in [2.45, 2.75) is 25.8 Å². The van der Waals surface area contributed by atoms with Crippen LogP contribution >= 0.6 is 0 Å². The molecular weight excluding hydrogens is 254 g/mol. The van der Waals surface area contributed by atoms with E-state index in [1.54, 1.807) is 14.2 Å². The van der Waals surface area contributed by atoms with Crippen molar-refractivity contribution in [3.05, 3.63) is 29.8 Å². The van der Waals surface area contributed by atoms with Crippen molar-refractivity contribution >= 4 is 0 Å². The largest absolute Gasteiger partial charge is 0.497 e. The molecule has 0 fully saturated rings. The molecular formula is C16H27NO3. The van der Waals surface area contributed by atoms with Gasteiger partial charge in [0, 0.05) is 19.8 Å². The fourth-order valence-corrected chi connectivity index (χ4v) is 1.95. The van der Waals surface area contributed by atoms with Gasteiger partial charge in [-0.3, -0.25) is 0 Å². The molecule has 4 heteroatoms. The molecule has 0 bridgehead atoms. The molecule has 0 saturated carbocycles. The molecule has 0 saturated heterocycles. The summed E-state index contributed by atoms with van der Waals surface area (Å²) < 4.78 is 15.5. The fraction of sp³-hybridized carbons (Fsp3) is 0.625. The highest BCUT2D eigenvalue weighted by atomic mass is 16.5. The Morgan fingerprint density at radius 3 is 2.45 bits per heavy atom. The zero-order chi connectivity index (χ0) is 14.6. The number of benzene rings is 1. The van der Waals surface area contributed by atoms with E-state index in [4.69, 9.17) is 14.2 Å². The van der Waals surface area contributed by atoms with Crippen LogP contribution < -0.4 is 10.1 Å². The third-order valence-electron chi connectivity index (χ3n) is 3.09. The SMILES string of the molecule is COCCOCCCNC(C)Cc1ccc(OC)cc1. The van der Waals surface area contributed by atoms with E-state index in [-0.39, 0.29) is 0 Å². The summed E-state index contributed by atoms with van der Waals surface area (Å²) in [5.74, 6) is 0.905. The maximum absolute atomic E-state index is 5.42. The zero-order valence-corrected chi connectivity index (χ0v) is 12.9. The average molecular weight is 281 g/mol. The van der Waals surface area contributed by atoms with E-state index in [0.29, 0.717) is 19.3 Å². The lowest BCUT2D eigenvalue weighted by atomic mass is 10.1. The maximum Gasteiger partial charge on any atom is 0.118 e. The molecule has 1 aromatic carbocycles. The predicted molar refractivity (Wildman–Crippen MR) is 81.5 cm³/mol. The Labute approximate surface area is 122 Å². The Morgan fingerprint density at radius 2 is 1.80 bits per heavy atom. The van der Waals surface area contributed by atoms with Gasteiger partial charge < -0.3 is 19.5 Å². The number of nitrogens with one attached hydrogen (secondary N) is 1. The van der Waals surface area contributed by atoms with E-state index in [1.165, 1.54) is 5.56 Å². The summed E-state index contributed by atoms with van der Waals surface area (Å²) in [6, 6.07) is 8.70. The van der Waals surface area contributed by atoms with Crippen molar-refractivity contribution < 1.29 is 14.2 Å². The van der Waals surface area contributed by atoms with Gasteiger partial charge in [0.15, 0.2) is 0 Å². The van der Waals surface area contributed by atoms with Crippen LogP contribution in [0.5, 0.6) is 5.75 Å². The van der Waals surface area contributed by atoms with Gasteiger partial charge in [-0.05, 0) is 44.0 Å². The smallest absolute Gasteiger partial charge is 0.118 e. The molecule has 4 nitrogen and oxygen atoms in total. The lowest BCUT2D eigenvalue weighted by Crippen LogP contribution is -2.29. The van der Waals surface area contributed by atoms with Crippen LogP contribution in [0.4, 0.5) is 0 Å². The summed E-state index contributed by atoms with van der Waals surface area (Å²) in [6.45, 7) is 5.31. The second kappa shape index (κ2) is 10.7. The molecule has 0 amide bonds. The van der Waals surface area contributed by atoms with Crippen molar-refractivity contribution in [2.24, 2.45) is 0 Å². The second-order valence-corrected chi connectivity index (χ2v) is 4.87. The zero-order valence-electron chi connectivity index (χ0n) is 12.9. The minimum atomic E-state index is 0.461. The summed E-state index contributed by atoms with van der Waals surface area (Å²) in [6.07, 6.45) is 2.05. The minimum absolute atomic E-state index is 0.461. The van der Waals surface area contributed by atoms with Crippen LogP contribution in [0, 0.1) is 0 Å². The molecule has 114 valence electrons. The lowest BCUT2D eigenvalue weighted by Gasteiger charge is -2.14. The topological polar surface area (TPSA) is 39.7 Å². The van der Waals surface area contributed by atoms with Crippen LogP contribution in [0.2, 0.25) is 0 Å². The van der Waals surface area contributed by atoms with Crippen molar-refractivity contribution in [2.75, 3.05) is 40.6 Å². The molecule has 1 unspecified atom stereocenters. The number of hydrogen-bond donors (Lipinski definition) is 1. The van der Waals surface area contributed by atoms with Crippen LogP contribution in [-0.2, 0) is 15.9 Å². The molecule has 1 rings (SSSR count). The molecule has 0 aliphatic carbocycles. The highest BCUT2D eigenvalue weighted by molar-refractivity contribution is 5.27. The van der Waals surface area contributed by atoms with Crippen LogP contribution in [0.15, 0.2) is 24.3 Å². The van der Waals surface area contributed by atoms with Gasteiger partial charge in [0.1, 0.15) is 5.75 Å². The summed E-state index contributed by atoms with van der Waals surface area (Å²) in [7, 11) is 3.37. The Kier molecular flexibility index (Phi) is 9.04. The first kappa shape index (κ1) is 17.0. The first-order valence-electron chi connectivity index (χ1n) is 7.19. The molecule has 1 N–H and O–H groups in total. The first-order chi connectivity index (χ1) is 9.76. The number of hydrogen-bond acceptors (Lipinski definition) is 4. The second-order valence-electron chi connectivity index (χ2n) is 4.87. The quantitative estimate of drug-likeness (QED) is 0.632. The van der Waals surface area contributed by atoms with Gasteiger partial charge in [-0.2, -0.15) is 0 Å².